The van der Waals surface area contributed by atoms with Gasteiger partial charge in [0.25, 0.3) is 0 Å². The van der Waals surface area contributed by atoms with Crippen molar-refractivity contribution >= 4 is 11.6 Å². The Bertz CT molecular complexity index is 417. The molecule has 1 aromatic carbocycles. The van der Waals surface area contributed by atoms with Gasteiger partial charge in [-0.15, -0.1) is 0 Å². The van der Waals surface area contributed by atoms with Gasteiger partial charge in [0.05, 0.1) is 0 Å². The van der Waals surface area contributed by atoms with Gasteiger partial charge in [0.15, 0.2) is 0 Å². The lowest BCUT2D eigenvalue weighted by molar-refractivity contribution is -0.118. The lowest BCUT2D eigenvalue weighted by Crippen LogP contribution is -2.38. The number of nitrogens with zero attached hydrogens (tertiary/aromatic N) is 1. The number of hydrogen-bond acceptors (Lipinski definition) is 2. The van der Waals surface area contributed by atoms with Crippen molar-refractivity contribution in [3.05, 3.63) is 29.8 Å². The molecule has 1 aliphatic heterocycles. The summed E-state index contributed by atoms with van der Waals surface area (Å²) in [5.41, 5.74) is 2.33. The largest absolute Gasteiger partial charge is 0.313 e. The number of carbonyl (C=O) groups excluding carboxylic acids is 1. The summed E-state index contributed by atoms with van der Waals surface area (Å²) in [4.78, 5) is 14.2. The number of benzene rings is 1. The van der Waals surface area contributed by atoms with E-state index in [-0.39, 0.29) is 5.91 Å². The minimum atomic E-state index is 0.263. The van der Waals surface area contributed by atoms with Crippen molar-refractivity contribution in [2.75, 3.05) is 18.5 Å². The van der Waals surface area contributed by atoms with E-state index in [0.717, 1.165) is 31.5 Å². The molecule has 1 unspecified atom stereocenters. The highest BCUT2D eigenvalue weighted by atomic mass is 16.2. The average Bonchev–Trinajstić information content (AvgIpc) is 2.43. The molecule has 0 aromatic heterocycles. The Hall–Kier alpha value is -1.35. The number of amides is 1. The average molecular weight is 246 g/mol. The van der Waals surface area contributed by atoms with Crippen molar-refractivity contribution in [2.24, 2.45) is 0 Å². The van der Waals surface area contributed by atoms with E-state index in [0.29, 0.717) is 12.5 Å². The Morgan fingerprint density at radius 1 is 1.44 bits per heavy atom. The van der Waals surface area contributed by atoms with Gasteiger partial charge in [0.1, 0.15) is 0 Å². The number of anilines is 1. The van der Waals surface area contributed by atoms with Crippen LogP contribution in [0.3, 0.4) is 0 Å². The minimum absolute atomic E-state index is 0.263. The summed E-state index contributed by atoms with van der Waals surface area (Å²) in [5.74, 6) is 0.263. The molecule has 1 amide bonds. The number of para-hydroxylation sites is 1. The Kier molecular flexibility index (Phi) is 4.37. The predicted molar refractivity (Wildman–Crippen MR) is 74.7 cm³/mol. The second-order valence-corrected chi connectivity index (χ2v) is 4.84. The molecule has 0 saturated carbocycles. The molecule has 1 aliphatic rings. The van der Waals surface area contributed by atoms with Crippen molar-refractivity contribution in [3.63, 3.8) is 0 Å². The van der Waals surface area contributed by atoms with Crippen LogP contribution in [0.5, 0.6) is 0 Å². The third kappa shape index (κ3) is 2.56. The second kappa shape index (κ2) is 6.01. The van der Waals surface area contributed by atoms with Gasteiger partial charge in [0, 0.05) is 24.7 Å². The number of nitrogens with one attached hydrogen (secondary N) is 1. The Morgan fingerprint density at radius 2 is 2.22 bits per heavy atom. The van der Waals surface area contributed by atoms with Crippen LogP contribution in [0.2, 0.25) is 0 Å². The van der Waals surface area contributed by atoms with E-state index in [9.17, 15) is 4.79 Å². The molecule has 1 atom stereocenters. The molecule has 1 heterocycles. The molecule has 3 heteroatoms. The molecule has 0 aliphatic carbocycles. The number of rotatable bonds is 4. The maximum atomic E-state index is 12.2. The van der Waals surface area contributed by atoms with Gasteiger partial charge in [-0.1, -0.05) is 31.5 Å². The summed E-state index contributed by atoms with van der Waals surface area (Å²) < 4.78 is 0. The fraction of sp³-hybridized carbons (Fsp3) is 0.533. The van der Waals surface area contributed by atoms with Crippen molar-refractivity contribution in [1.82, 2.24) is 5.32 Å². The second-order valence-electron chi connectivity index (χ2n) is 4.84. The van der Waals surface area contributed by atoms with Crippen LogP contribution in [0, 0.1) is 0 Å². The molecule has 3 nitrogen and oxygen atoms in total. The lowest BCUT2D eigenvalue weighted by Gasteiger charge is -2.34. The quantitative estimate of drug-likeness (QED) is 0.886. The van der Waals surface area contributed by atoms with E-state index in [2.05, 4.69) is 24.4 Å². The Labute approximate surface area is 109 Å². The molecule has 2 rings (SSSR count). The number of fused-ring (bicyclic) bond motifs is 1. The fourth-order valence-electron chi connectivity index (χ4n) is 2.58. The highest BCUT2D eigenvalue weighted by Gasteiger charge is 2.26. The highest BCUT2D eigenvalue weighted by molar-refractivity contribution is 5.94. The smallest absolute Gasteiger partial charge is 0.226 e. The standard InChI is InChI=1S/C15H22N2O/c1-3-4-9-15(18)17-11-10-13(16-2)12-7-5-6-8-14(12)17/h5-8,13,16H,3-4,9-11H2,1-2H3. The zero-order valence-electron chi connectivity index (χ0n) is 11.3. The molecular weight excluding hydrogens is 224 g/mol. The maximum Gasteiger partial charge on any atom is 0.226 e. The highest BCUT2D eigenvalue weighted by Crippen LogP contribution is 2.33. The van der Waals surface area contributed by atoms with Gasteiger partial charge >= 0.3 is 0 Å². The van der Waals surface area contributed by atoms with Crippen LogP contribution in [0.25, 0.3) is 0 Å². The molecule has 1 aromatic rings. The van der Waals surface area contributed by atoms with Crippen LogP contribution < -0.4 is 10.2 Å². The Morgan fingerprint density at radius 3 is 2.94 bits per heavy atom. The van der Waals surface area contributed by atoms with Crippen LogP contribution in [0.4, 0.5) is 5.69 Å². The summed E-state index contributed by atoms with van der Waals surface area (Å²) in [6.45, 7) is 2.94. The molecule has 18 heavy (non-hydrogen) atoms. The van der Waals surface area contributed by atoms with Crippen LogP contribution >= 0.6 is 0 Å². The molecule has 1 N–H and O–H groups in total. The van der Waals surface area contributed by atoms with Crippen LogP contribution in [-0.2, 0) is 4.79 Å². The van der Waals surface area contributed by atoms with Gasteiger partial charge in [-0.2, -0.15) is 0 Å². The zero-order chi connectivity index (χ0) is 13.0. The van der Waals surface area contributed by atoms with E-state index in [1.165, 1.54) is 5.56 Å². The third-order valence-electron chi connectivity index (χ3n) is 3.64. The molecule has 0 radical (unpaired) electrons. The van der Waals surface area contributed by atoms with E-state index in [1.807, 2.05) is 24.1 Å². The normalized spacial score (nSPS) is 18.6. The minimum Gasteiger partial charge on any atom is -0.313 e. The van der Waals surface area contributed by atoms with Crippen LogP contribution in [0.15, 0.2) is 24.3 Å². The van der Waals surface area contributed by atoms with Gasteiger partial charge in [-0.25, -0.2) is 0 Å². The topological polar surface area (TPSA) is 32.3 Å². The van der Waals surface area contributed by atoms with Gasteiger partial charge < -0.3 is 10.2 Å². The first-order valence-electron chi connectivity index (χ1n) is 6.84. The number of unbranched alkanes of at least 4 members (excludes halogenated alkanes) is 1. The van der Waals surface area contributed by atoms with Crippen molar-refractivity contribution in [3.8, 4) is 0 Å². The Balaban J connectivity index is 2.22. The van der Waals surface area contributed by atoms with E-state index in [1.54, 1.807) is 0 Å². The van der Waals surface area contributed by atoms with Gasteiger partial charge in [0.2, 0.25) is 5.91 Å². The number of carbonyl (C=O) groups is 1. The summed E-state index contributed by atoms with van der Waals surface area (Å²) in [7, 11) is 1.98. The van der Waals surface area contributed by atoms with Crippen molar-refractivity contribution in [2.45, 2.75) is 38.6 Å². The maximum absolute atomic E-state index is 12.2. The third-order valence-corrected chi connectivity index (χ3v) is 3.64. The fourth-order valence-corrected chi connectivity index (χ4v) is 2.58. The van der Waals surface area contributed by atoms with Crippen molar-refractivity contribution < 1.29 is 4.79 Å². The lowest BCUT2D eigenvalue weighted by atomic mass is 9.96. The zero-order valence-corrected chi connectivity index (χ0v) is 11.3. The first-order valence-corrected chi connectivity index (χ1v) is 6.84. The molecule has 0 fully saturated rings. The van der Waals surface area contributed by atoms with E-state index in [4.69, 9.17) is 0 Å². The first kappa shape index (κ1) is 13.1. The van der Waals surface area contributed by atoms with Crippen LogP contribution in [-0.4, -0.2) is 19.5 Å². The van der Waals surface area contributed by atoms with Crippen molar-refractivity contribution in [1.29, 1.82) is 0 Å². The summed E-state index contributed by atoms with van der Waals surface area (Å²) >= 11 is 0. The monoisotopic (exact) mass is 246 g/mol. The molecule has 98 valence electrons. The SMILES string of the molecule is CCCCC(=O)N1CCC(NC)c2ccccc21. The van der Waals surface area contributed by atoms with Gasteiger partial charge in [-0.3, -0.25) is 4.79 Å². The summed E-state index contributed by atoms with van der Waals surface area (Å²) in [6.07, 6.45) is 3.70. The first-order chi connectivity index (χ1) is 8.77. The van der Waals surface area contributed by atoms with Gasteiger partial charge in [-0.05, 0) is 31.5 Å². The molecular formula is C15H22N2O. The molecule has 0 spiro atoms. The van der Waals surface area contributed by atoms with E-state index < -0.39 is 0 Å². The predicted octanol–water partition coefficient (Wildman–Crippen LogP) is 2.87. The number of hydrogen-bond donors (Lipinski definition) is 1. The summed E-state index contributed by atoms with van der Waals surface area (Å²) in [6, 6.07) is 8.61. The molecule has 0 saturated heterocycles. The van der Waals surface area contributed by atoms with E-state index >= 15 is 0 Å². The molecule has 0 bridgehead atoms. The van der Waals surface area contributed by atoms with Crippen LogP contribution in [0.1, 0.15) is 44.2 Å². The summed E-state index contributed by atoms with van der Waals surface area (Å²) in [5, 5.41) is 3.32.